The fraction of sp³-hybridized carbons (Fsp3) is 0.480. The van der Waals surface area contributed by atoms with Gasteiger partial charge in [0.25, 0.3) is 10.0 Å². The number of β-amino-alcohol motifs (C(OH)–C–C–N with tert-alkyl or cyclic N) is 1. The lowest BCUT2D eigenvalue weighted by atomic mass is 10.1. The zero-order chi connectivity index (χ0) is 26.9. The summed E-state index contributed by atoms with van der Waals surface area (Å²) < 4.78 is 42.0. The molecule has 0 amide bonds. The number of sulfonamides is 1. The van der Waals surface area contributed by atoms with Crippen LogP contribution in [0.1, 0.15) is 19.4 Å². The molecule has 1 aliphatic heterocycles. The topological polar surface area (TPSA) is 133 Å². The van der Waals surface area contributed by atoms with Gasteiger partial charge in [0.1, 0.15) is 24.0 Å². The lowest BCUT2D eigenvalue weighted by molar-refractivity contribution is -0.0247. The molecule has 3 atom stereocenters. The second-order valence-corrected chi connectivity index (χ2v) is 11.4. The maximum absolute atomic E-state index is 12.7. The smallest absolute Gasteiger partial charge is 0.253 e. The predicted molar refractivity (Wildman–Crippen MR) is 138 cm³/mol. The molecule has 10 nitrogen and oxygen atoms in total. The number of nitriles is 1. The van der Waals surface area contributed by atoms with E-state index in [1.807, 2.05) is 50.2 Å². The summed E-state index contributed by atoms with van der Waals surface area (Å²) in [6.07, 6.45) is -1.73. The van der Waals surface area contributed by atoms with Crippen LogP contribution in [-0.4, -0.2) is 74.7 Å². The van der Waals surface area contributed by atoms with Crippen LogP contribution < -0.4 is 14.9 Å². The van der Waals surface area contributed by atoms with E-state index in [-0.39, 0.29) is 30.2 Å². The summed E-state index contributed by atoms with van der Waals surface area (Å²) in [6.45, 7) is 5.64. The number of hydrazine groups is 1. The summed E-state index contributed by atoms with van der Waals surface area (Å²) in [4.78, 5) is 2.40. The van der Waals surface area contributed by atoms with E-state index in [1.165, 1.54) is 29.3 Å². The number of hydrogen-bond acceptors (Lipinski definition) is 9. The van der Waals surface area contributed by atoms with Crippen LogP contribution in [0.5, 0.6) is 5.75 Å². The van der Waals surface area contributed by atoms with Crippen molar-refractivity contribution in [3.05, 3.63) is 60.2 Å². The molecule has 0 bridgehead atoms. The summed E-state index contributed by atoms with van der Waals surface area (Å²) in [5, 5.41) is 23.9. The third-order valence-electron chi connectivity index (χ3n) is 5.51. The lowest BCUT2D eigenvalue weighted by Gasteiger charge is -2.34. The Bertz CT molecular complexity index is 1130. The maximum atomic E-state index is 12.7. The predicted octanol–water partition coefficient (Wildman–Crippen LogP) is 1.99. The van der Waals surface area contributed by atoms with Crippen LogP contribution in [0.25, 0.3) is 0 Å². The Labute approximate surface area is 223 Å². The number of ether oxygens (including phenoxy) is 3. The van der Waals surface area contributed by atoms with E-state index in [9.17, 15) is 13.5 Å². The highest BCUT2D eigenvalue weighted by Gasteiger charge is 2.33. The van der Waals surface area contributed by atoms with Gasteiger partial charge in [0, 0.05) is 18.6 Å². The van der Waals surface area contributed by atoms with Crippen molar-refractivity contribution in [2.24, 2.45) is 0 Å². The number of nitrogens with one attached hydrogen (secondary N) is 2. The van der Waals surface area contributed by atoms with Gasteiger partial charge in [-0.05, 0) is 43.7 Å². The molecule has 2 aromatic rings. The minimum absolute atomic E-state index is 0.00295. The minimum Gasteiger partial charge on any atom is -0.491 e. The molecule has 1 heterocycles. The van der Waals surface area contributed by atoms with Crippen LogP contribution in [0, 0.1) is 11.3 Å². The average Bonchev–Trinajstić information content (AvgIpc) is 2.88. The molecule has 3 rings (SSSR count). The highest BCUT2D eigenvalue weighted by atomic mass is 35.5. The molecular weight excluding hydrogens is 520 g/mol. The molecule has 37 heavy (non-hydrogen) atoms. The largest absolute Gasteiger partial charge is 0.491 e. The Hall–Kier alpha value is -2.27. The number of alkyl halides is 1. The van der Waals surface area contributed by atoms with Crippen molar-refractivity contribution in [2.45, 2.75) is 48.6 Å². The van der Waals surface area contributed by atoms with E-state index >= 15 is 0 Å². The Morgan fingerprint density at radius 3 is 2.62 bits per heavy atom. The number of hydrogen-bond donors (Lipinski definition) is 3. The first-order chi connectivity index (χ1) is 17.6. The van der Waals surface area contributed by atoms with Gasteiger partial charge in [-0.2, -0.15) is 5.26 Å². The van der Waals surface area contributed by atoms with Gasteiger partial charge in [-0.1, -0.05) is 30.3 Å². The van der Waals surface area contributed by atoms with Crippen molar-refractivity contribution >= 4 is 21.6 Å². The maximum Gasteiger partial charge on any atom is 0.253 e. The summed E-state index contributed by atoms with van der Waals surface area (Å²) in [7, 11) is -3.92. The summed E-state index contributed by atoms with van der Waals surface area (Å²) >= 11 is 6.14. The first kappa shape index (κ1) is 29.3. The van der Waals surface area contributed by atoms with Crippen LogP contribution >= 0.6 is 11.6 Å². The number of benzene rings is 2. The van der Waals surface area contributed by atoms with E-state index in [1.54, 1.807) is 0 Å². The van der Waals surface area contributed by atoms with Crippen molar-refractivity contribution in [2.75, 3.05) is 32.9 Å². The molecule has 2 unspecified atom stereocenters. The Balaban J connectivity index is 1.42. The molecule has 2 aromatic carbocycles. The van der Waals surface area contributed by atoms with Crippen molar-refractivity contribution in [3.8, 4) is 11.8 Å². The van der Waals surface area contributed by atoms with Gasteiger partial charge in [-0.25, -0.2) is 13.4 Å². The third kappa shape index (κ3) is 9.21. The second kappa shape index (κ2) is 13.5. The first-order valence-electron chi connectivity index (χ1n) is 11.8. The highest BCUT2D eigenvalue weighted by Crippen LogP contribution is 2.20. The third-order valence-corrected chi connectivity index (χ3v) is 7.34. The Kier molecular flexibility index (Phi) is 10.7. The summed E-state index contributed by atoms with van der Waals surface area (Å²) in [6, 6.07) is 17.6. The monoisotopic (exact) mass is 552 g/mol. The normalized spacial score (nSPS) is 19.8. The van der Waals surface area contributed by atoms with Gasteiger partial charge in [0.15, 0.2) is 6.10 Å². The van der Waals surface area contributed by atoms with Crippen LogP contribution in [0.3, 0.4) is 0 Å². The summed E-state index contributed by atoms with van der Waals surface area (Å²) in [5.74, 6) is 0.412. The Morgan fingerprint density at radius 1 is 1.24 bits per heavy atom. The van der Waals surface area contributed by atoms with E-state index in [0.29, 0.717) is 25.5 Å². The van der Waals surface area contributed by atoms with Crippen LogP contribution in [-0.2, 0) is 26.1 Å². The minimum atomic E-state index is -3.92. The van der Waals surface area contributed by atoms with Crippen molar-refractivity contribution in [1.82, 2.24) is 15.2 Å². The van der Waals surface area contributed by atoms with E-state index in [0.717, 1.165) is 5.56 Å². The fourth-order valence-corrected chi connectivity index (χ4v) is 4.90. The molecule has 3 N–H and O–H groups in total. The van der Waals surface area contributed by atoms with Gasteiger partial charge >= 0.3 is 0 Å². The molecule has 0 spiro atoms. The number of rotatable bonds is 13. The van der Waals surface area contributed by atoms with Gasteiger partial charge in [0.2, 0.25) is 0 Å². The van der Waals surface area contributed by atoms with Crippen molar-refractivity contribution < 1.29 is 27.7 Å². The van der Waals surface area contributed by atoms with Gasteiger partial charge in [0.05, 0.1) is 30.8 Å². The number of morpholine rings is 1. The number of aliphatic hydroxyl groups is 1. The molecular formula is C25H33ClN4O6S. The second-order valence-electron chi connectivity index (χ2n) is 9.26. The highest BCUT2D eigenvalue weighted by molar-refractivity contribution is 7.89. The van der Waals surface area contributed by atoms with Gasteiger partial charge < -0.3 is 24.6 Å². The standard InChI is InChI=1S/C25H33ClN4O6S/c1-25(2,18-34-16-19-6-4-3-5-7-19)28-15-20(31)17-36-21-8-10-22(11-9-21)37(32,33)29-30-12-13-35-23(14-27)24(30)26/h3-11,20,23-24,28-29,31H,12-13,15-18H2,1-2H3/t20-,23?,24?/m1/s1. The SMILES string of the molecule is CC(C)(COCc1ccccc1)NC[C@@H](O)COc1ccc(S(=O)(=O)NN2CCOC(C#N)C2Cl)cc1. The lowest BCUT2D eigenvalue weighted by Crippen LogP contribution is -2.55. The molecule has 1 fully saturated rings. The van der Waals surface area contributed by atoms with Crippen molar-refractivity contribution in [3.63, 3.8) is 0 Å². The zero-order valence-electron chi connectivity index (χ0n) is 20.8. The van der Waals surface area contributed by atoms with Crippen molar-refractivity contribution in [1.29, 1.82) is 5.26 Å². The van der Waals surface area contributed by atoms with E-state index in [4.69, 9.17) is 31.1 Å². The first-order valence-corrected chi connectivity index (χ1v) is 13.7. The zero-order valence-corrected chi connectivity index (χ0v) is 22.4. The van der Waals surface area contributed by atoms with E-state index in [2.05, 4.69) is 10.1 Å². The molecule has 12 heteroatoms. The molecule has 202 valence electrons. The molecule has 0 saturated carbocycles. The fourth-order valence-electron chi connectivity index (χ4n) is 3.46. The average molecular weight is 553 g/mol. The Morgan fingerprint density at radius 2 is 1.95 bits per heavy atom. The molecule has 1 saturated heterocycles. The molecule has 0 aromatic heterocycles. The quantitative estimate of drug-likeness (QED) is 0.252. The van der Waals surface area contributed by atoms with Crippen LogP contribution in [0.4, 0.5) is 0 Å². The van der Waals surface area contributed by atoms with Crippen LogP contribution in [0.2, 0.25) is 0 Å². The number of nitrogens with zero attached hydrogens (tertiary/aromatic N) is 2. The molecule has 1 aliphatic rings. The van der Waals surface area contributed by atoms with Crippen LogP contribution in [0.15, 0.2) is 59.5 Å². The van der Waals surface area contributed by atoms with E-state index < -0.39 is 27.7 Å². The molecule has 0 aliphatic carbocycles. The van der Waals surface area contributed by atoms with Gasteiger partial charge in [-0.15, -0.1) is 16.4 Å². The summed E-state index contributed by atoms with van der Waals surface area (Å²) in [5.41, 5.74) is -0.209. The number of aliphatic hydroxyl groups excluding tert-OH is 1. The molecule has 0 radical (unpaired) electrons. The number of halogens is 1. The van der Waals surface area contributed by atoms with Gasteiger partial charge in [-0.3, -0.25) is 0 Å².